The average Bonchev–Trinajstić information content (AvgIpc) is 2.17. The van der Waals surface area contributed by atoms with Crippen LogP contribution in [0.2, 0.25) is 0 Å². The van der Waals surface area contributed by atoms with Crippen molar-refractivity contribution in [1.29, 1.82) is 0 Å². The quantitative estimate of drug-likeness (QED) is 0.691. The highest BCUT2D eigenvalue weighted by Gasteiger charge is 2.26. The van der Waals surface area contributed by atoms with Crippen molar-refractivity contribution in [3.8, 4) is 0 Å². The molecule has 1 aliphatic rings. The van der Waals surface area contributed by atoms with Gasteiger partial charge in [0.25, 0.3) is 0 Å². The maximum atomic E-state index is 13.6. The molecule has 1 rings (SSSR count). The Morgan fingerprint density at radius 2 is 2.25 bits per heavy atom. The second-order valence-electron chi connectivity index (χ2n) is 3.89. The number of hydrogen-bond donors (Lipinski definition) is 1. The van der Waals surface area contributed by atoms with Crippen LogP contribution in [0.3, 0.4) is 0 Å². The van der Waals surface area contributed by atoms with Gasteiger partial charge in [0.15, 0.2) is 0 Å². The summed E-state index contributed by atoms with van der Waals surface area (Å²) in [5, 5.41) is 3.26. The molecule has 0 amide bonds. The van der Waals surface area contributed by atoms with Crippen LogP contribution < -0.4 is 5.32 Å². The fourth-order valence-electron chi connectivity index (χ4n) is 1.77. The SMILES string of the molecule is CCC(C)C(F)C1CCCCN1. The standard InChI is InChI=1S/C10H20FN/c1-3-8(2)10(11)9-6-4-5-7-12-9/h8-10,12H,3-7H2,1-2H3. The number of piperidine rings is 1. The first-order valence-corrected chi connectivity index (χ1v) is 5.13. The van der Waals surface area contributed by atoms with Crippen LogP contribution in [0, 0.1) is 5.92 Å². The van der Waals surface area contributed by atoms with Crippen molar-refractivity contribution in [2.75, 3.05) is 6.54 Å². The average molecular weight is 173 g/mol. The first-order valence-electron chi connectivity index (χ1n) is 5.13. The minimum atomic E-state index is -0.643. The molecular weight excluding hydrogens is 153 g/mol. The van der Waals surface area contributed by atoms with Gasteiger partial charge in [0.1, 0.15) is 6.17 Å². The molecule has 2 heteroatoms. The van der Waals surface area contributed by atoms with Gasteiger partial charge in [0.05, 0.1) is 0 Å². The van der Waals surface area contributed by atoms with Crippen molar-refractivity contribution in [1.82, 2.24) is 5.32 Å². The van der Waals surface area contributed by atoms with Gasteiger partial charge in [0, 0.05) is 6.04 Å². The summed E-state index contributed by atoms with van der Waals surface area (Å²) in [6.07, 6.45) is 3.72. The van der Waals surface area contributed by atoms with E-state index >= 15 is 0 Å². The van der Waals surface area contributed by atoms with Gasteiger partial charge < -0.3 is 5.32 Å². The monoisotopic (exact) mass is 173 g/mol. The van der Waals surface area contributed by atoms with E-state index in [0.717, 1.165) is 19.4 Å². The van der Waals surface area contributed by atoms with E-state index < -0.39 is 6.17 Å². The first-order chi connectivity index (χ1) is 5.75. The predicted molar refractivity (Wildman–Crippen MR) is 50.0 cm³/mol. The Bertz CT molecular complexity index is 121. The minimum absolute atomic E-state index is 0.133. The molecule has 0 spiro atoms. The summed E-state index contributed by atoms with van der Waals surface area (Å²) in [7, 11) is 0. The zero-order valence-corrected chi connectivity index (χ0v) is 8.15. The molecule has 0 aliphatic carbocycles. The van der Waals surface area contributed by atoms with Gasteiger partial charge in [-0.2, -0.15) is 0 Å². The third-order valence-electron chi connectivity index (χ3n) is 2.92. The van der Waals surface area contributed by atoms with Crippen LogP contribution in [0.4, 0.5) is 4.39 Å². The Morgan fingerprint density at radius 1 is 1.50 bits per heavy atom. The Labute approximate surface area is 74.7 Å². The van der Waals surface area contributed by atoms with Gasteiger partial charge >= 0.3 is 0 Å². The first kappa shape index (κ1) is 9.97. The van der Waals surface area contributed by atoms with E-state index in [9.17, 15) is 4.39 Å². The highest BCUT2D eigenvalue weighted by molar-refractivity contribution is 4.82. The molecule has 0 saturated carbocycles. The van der Waals surface area contributed by atoms with E-state index in [-0.39, 0.29) is 12.0 Å². The molecule has 3 unspecified atom stereocenters. The number of halogens is 1. The van der Waals surface area contributed by atoms with Crippen molar-refractivity contribution in [3.63, 3.8) is 0 Å². The van der Waals surface area contributed by atoms with Gasteiger partial charge in [-0.3, -0.25) is 0 Å². The van der Waals surface area contributed by atoms with E-state index in [2.05, 4.69) is 12.2 Å². The molecule has 1 saturated heterocycles. The number of nitrogens with one attached hydrogen (secondary N) is 1. The zero-order valence-electron chi connectivity index (χ0n) is 8.15. The fraction of sp³-hybridized carbons (Fsp3) is 1.00. The Morgan fingerprint density at radius 3 is 2.75 bits per heavy atom. The molecule has 1 fully saturated rings. The van der Waals surface area contributed by atoms with E-state index in [1.54, 1.807) is 0 Å². The molecule has 1 N–H and O–H groups in total. The van der Waals surface area contributed by atoms with E-state index in [4.69, 9.17) is 0 Å². The van der Waals surface area contributed by atoms with Crippen LogP contribution in [0.25, 0.3) is 0 Å². The summed E-state index contributed by atoms with van der Waals surface area (Å²) in [5.74, 6) is 0.209. The second-order valence-corrected chi connectivity index (χ2v) is 3.89. The van der Waals surface area contributed by atoms with Crippen LogP contribution in [-0.2, 0) is 0 Å². The third kappa shape index (κ3) is 2.44. The van der Waals surface area contributed by atoms with E-state index in [0.29, 0.717) is 0 Å². The normalized spacial score (nSPS) is 29.8. The minimum Gasteiger partial charge on any atom is -0.311 e. The molecule has 0 radical (unpaired) electrons. The maximum Gasteiger partial charge on any atom is 0.118 e. The number of rotatable bonds is 3. The van der Waals surface area contributed by atoms with Gasteiger partial charge in [-0.1, -0.05) is 26.7 Å². The Balaban J connectivity index is 2.33. The van der Waals surface area contributed by atoms with Crippen LogP contribution in [-0.4, -0.2) is 18.8 Å². The predicted octanol–water partition coefficient (Wildman–Crippen LogP) is 2.51. The molecule has 72 valence electrons. The molecular formula is C10H20FN. The highest BCUT2D eigenvalue weighted by Crippen LogP contribution is 2.20. The summed E-state index contributed by atoms with van der Waals surface area (Å²) in [5.41, 5.74) is 0. The molecule has 0 bridgehead atoms. The van der Waals surface area contributed by atoms with Gasteiger partial charge in [-0.05, 0) is 25.3 Å². The smallest absolute Gasteiger partial charge is 0.118 e. The lowest BCUT2D eigenvalue weighted by molar-refractivity contribution is 0.156. The van der Waals surface area contributed by atoms with E-state index in [1.165, 1.54) is 12.8 Å². The molecule has 0 aromatic heterocycles. The lowest BCUT2D eigenvalue weighted by atomic mass is 9.92. The Kier molecular flexibility index (Phi) is 3.99. The molecule has 3 atom stereocenters. The highest BCUT2D eigenvalue weighted by atomic mass is 19.1. The third-order valence-corrected chi connectivity index (χ3v) is 2.92. The van der Waals surface area contributed by atoms with Gasteiger partial charge in [-0.25, -0.2) is 4.39 Å². The molecule has 1 nitrogen and oxygen atoms in total. The van der Waals surface area contributed by atoms with Crippen LogP contribution in [0.15, 0.2) is 0 Å². The van der Waals surface area contributed by atoms with Crippen molar-refractivity contribution in [3.05, 3.63) is 0 Å². The number of alkyl halides is 1. The summed E-state index contributed by atoms with van der Waals surface area (Å²) in [6, 6.07) is 0.133. The van der Waals surface area contributed by atoms with Crippen LogP contribution in [0.5, 0.6) is 0 Å². The maximum absolute atomic E-state index is 13.6. The van der Waals surface area contributed by atoms with Gasteiger partial charge in [-0.15, -0.1) is 0 Å². The van der Waals surface area contributed by atoms with E-state index in [1.807, 2.05) is 6.92 Å². The lowest BCUT2D eigenvalue weighted by Gasteiger charge is -2.29. The molecule has 0 aromatic carbocycles. The molecule has 0 aromatic rings. The molecule has 1 heterocycles. The topological polar surface area (TPSA) is 12.0 Å². The largest absolute Gasteiger partial charge is 0.311 e. The second kappa shape index (κ2) is 4.80. The summed E-state index contributed by atoms with van der Waals surface area (Å²) < 4.78 is 13.6. The zero-order chi connectivity index (χ0) is 8.97. The Hall–Kier alpha value is -0.110. The lowest BCUT2D eigenvalue weighted by Crippen LogP contribution is -2.43. The fourth-order valence-corrected chi connectivity index (χ4v) is 1.77. The molecule has 1 aliphatic heterocycles. The van der Waals surface area contributed by atoms with Crippen molar-refractivity contribution < 1.29 is 4.39 Å². The number of hydrogen-bond acceptors (Lipinski definition) is 1. The van der Waals surface area contributed by atoms with Crippen molar-refractivity contribution in [2.45, 2.75) is 51.7 Å². The van der Waals surface area contributed by atoms with Gasteiger partial charge in [0.2, 0.25) is 0 Å². The summed E-state index contributed by atoms with van der Waals surface area (Å²) in [4.78, 5) is 0. The van der Waals surface area contributed by atoms with Crippen LogP contribution in [0.1, 0.15) is 39.5 Å². The summed E-state index contributed by atoms with van der Waals surface area (Å²) in [6.45, 7) is 5.06. The van der Waals surface area contributed by atoms with Crippen molar-refractivity contribution in [2.24, 2.45) is 5.92 Å². The van der Waals surface area contributed by atoms with Crippen molar-refractivity contribution >= 4 is 0 Å². The molecule has 12 heavy (non-hydrogen) atoms. The van der Waals surface area contributed by atoms with Crippen LogP contribution >= 0.6 is 0 Å². The summed E-state index contributed by atoms with van der Waals surface area (Å²) >= 11 is 0.